The Labute approximate surface area is 90.7 Å². The summed E-state index contributed by atoms with van der Waals surface area (Å²) in [6, 6.07) is 3.88. The smallest absolute Gasteiger partial charge is 0.184 e. The molecule has 0 bridgehead atoms. The van der Waals surface area contributed by atoms with Gasteiger partial charge < -0.3 is 5.73 Å². The second-order valence-electron chi connectivity index (χ2n) is 3.26. The van der Waals surface area contributed by atoms with E-state index < -0.39 is 11.6 Å². The second kappa shape index (κ2) is 3.88. The van der Waals surface area contributed by atoms with Gasteiger partial charge in [-0.25, -0.2) is 13.5 Å². The fourth-order valence-electron chi connectivity index (χ4n) is 1.49. The lowest BCUT2D eigenvalue weighted by atomic mass is 10.2. The van der Waals surface area contributed by atoms with E-state index in [1.165, 1.54) is 16.8 Å². The van der Waals surface area contributed by atoms with Crippen LogP contribution in [0.1, 0.15) is 12.6 Å². The Morgan fingerprint density at radius 1 is 1.38 bits per heavy atom. The van der Waals surface area contributed by atoms with Crippen molar-refractivity contribution in [3.8, 4) is 5.69 Å². The van der Waals surface area contributed by atoms with Crippen LogP contribution in [0.2, 0.25) is 0 Å². The minimum absolute atomic E-state index is 0.0149. The van der Waals surface area contributed by atoms with Gasteiger partial charge in [0, 0.05) is 0 Å². The first-order valence-electron chi connectivity index (χ1n) is 4.79. The number of benzene rings is 1. The molecule has 0 saturated carbocycles. The monoisotopic (exact) mass is 224 g/mol. The van der Waals surface area contributed by atoms with Crippen LogP contribution in [-0.4, -0.2) is 15.0 Å². The van der Waals surface area contributed by atoms with Crippen molar-refractivity contribution in [2.45, 2.75) is 13.3 Å². The third-order valence-electron chi connectivity index (χ3n) is 2.29. The largest absolute Gasteiger partial charge is 0.381 e. The molecule has 0 aliphatic heterocycles. The zero-order valence-corrected chi connectivity index (χ0v) is 8.61. The van der Waals surface area contributed by atoms with Gasteiger partial charge in [-0.2, -0.15) is 0 Å². The lowest BCUT2D eigenvalue weighted by molar-refractivity contribution is 0.499. The predicted octanol–water partition coefficient (Wildman–Crippen LogP) is 1.69. The van der Waals surface area contributed by atoms with E-state index in [2.05, 4.69) is 10.3 Å². The van der Waals surface area contributed by atoms with Crippen molar-refractivity contribution in [3.63, 3.8) is 0 Å². The van der Waals surface area contributed by atoms with Crippen LogP contribution in [0.4, 0.5) is 14.6 Å². The van der Waals surface area contributed by atoms with Crippen LogP contribution in [0.25, 0.3) is 5.69 Å². The second-order valence-corrected chi connectivity index (χ2v) is 3.26. The molecule has 0 atom stereocenters. The van der Waals surface area contributed by atoms with Crippen LogP contribution in [0.15, 0.2) is 18.2 Å². The summed E-state index contributed by atoms with van der Waals surface area (Å²) in [7, 11) is 0. The Bertz CT molecular complexity index is 522. The molecule has 4 nitrogen and oxygen atoms in total. The molecule has 0 amide bonds. The normalized spacial score (nSPS) is 10.7. The van der Waals surface area contributed by atoms with E-state index in [0.29, 0.717) is 12.1 Å². The summed E-state index contributed by atoms with van der Waals surface area (Å²) in [6.07, 6.45) is 0.536. The quantitative estimate of drug-likeness (QED) is 0.844. The Hall–Kier alpha value is -1.98. The summed E-state index contributed by atoms with van der Waals surface area (Å²) < 4.78 is 27.8. The van der Waals surface area contributed by atoms with Gasteiger partial charge in [0.1, 0.15) is 5.69 Å². The minimum Gasteiger partial charge on any atom is -0.381 e. The van der Waals surface area contributed by atoms with E-state index in [0.717, 1.165) is 6.07 Å². The van der Waals surface area contributed by atoms with Gasteiger partial charge in [-0.1, -0.05) is 18.2 Å². The summed E-state index contributed by atoms with van der Waals surface area (Å²) in [6.45, 7) is 1.84. The highest BCUT2D eigenvalue weighted by Crippen LogP contribution is 2.19. The summed E-state index contributed by atoms with van der Waals surface area (Å²) in [5.74, 6) is -1.65. The highest BCUT2D eigenvalue weighted by atomic mass is 19.2. The van der Waals surface area contributed by atoms with Crippen LogP contribution >= 0.6 is 0 Å². The topological polar surface area (TPSA) is 56.7 Å². The number of hydrogen-bond donors (Lipinski definition) is 1. The van der Waals surface area contributed by atoms with E-state index in [1.807, 2.05) is 6.92 Å². The third kappa shape index (κ3) is 1.52. The predicted molar refractivity (Wildman–Crippen MR) is 55.1 cm³/mol. The Morgan fingerprint density at radius 2 is 2.12 bits per heavy atom. The maximum absolute atomic E-state index is 13.5. The number of nitrogens with two attached hydrogens (primary N) is 1. The maximum Gasteiger partial charge on any atom is 0.184 e. The molecule has 0 fully saturated rings. The Balaban J connectivity index is 2.63. The molecule has 16 heavy (non-hydrogen) atoms. The molecule has 1 aromatic carbocycles. The zero-order chi connectivity index (χ0) is 11.7. The molecule has 0 aliphatic carbocycles. The molecule has 0 aliphatic rings. The van der Waals surface area contributed by atoms with Crippen molar-refractivity contribution in [2.24, 2.45) is 0 Å². The SMILES string of the molecule is CCc1c(N)nnn1-c1cccc(F)c1F. The number of hydrogen-bond acceptors (Lipinski definition) is 3. The average molecular weight is 224 g/mol. The summed E-state index contributed by atoms with van der Waals surface area (Å²) in [5.41, 5.74) is 6.14. The van der Waals surface area contributed by atoms with Crippen LogP contribution < -0.4 is 5.73 Å². The van der Waals surface area contributed by atoms with Gasteiger partial charge in [-0.15, -0.1) is 5.10 Å². The van der Waals surface area contributed by atoms with Crippen molar-refractivity contribution in [1.82, 2.24) is 15.0 Å². The first kappa shape index (κ1) is 10.5. The maximum atomic E-state index is 13.5. The fourth-order valence-corrected chi connectivity index (χ4v) is 1.49. The molecule has 0 spiro atoms. The Morgan fingerprint density at radius 3 is 2.81 bits per heavy atom. The summed E-state index contributed by atoms with van der Waals surface area (Å²) >= 11 is 0. The van der Waals surface area contributed by atoms with E-state index in [1.54, 1.807) is 0 Å². The van der Waals surface area contributed by atoms with Crippen LogP contribution in [0.3, 0.4) is 0 Å². The van der Waals surface area contributed by atoms with Crippen LogP contribution in [0.5, 0.6) is 0 Å². The molecule has 6 heteroatoms. The summed E-state index contributed by atoms with van der Waals surface area (Å²) in [4.78, 5) is 0. The number of aromatic nitrogens is 3. The van der Waals surface area contributed by atoms with Gasteiger partial charge in [0.15, 0.2) is 17.5 Å². The van der Waals surface area contributed by atoms with Crippen molar-refractivity contribution >= 4 is 5.82 Å². The minimum atomic E-state index is -0.956. The molecule has 0 radical (unpaired) electrons. The van der Waals surface area contributed by atoms with E-state index in [4.69, 9.17) is 5.73 Å². The molecule has 1 heterocycles. The number of anilines is 1. The molecule has 0 saturated heterocycles. The van der Waals surface area contributed by atoms with Gasteiger partial charge >= 0.3 is 0 Å². The van der Waals surface area contributed by atoms with Gasteiger partial charge in [-0.05, 0) is 18.6 Å². The lowest BCUT2D eigenvalue weighted by Gasteiger charge is -2.06. The molecule has 1 aromatic heterocycles. The van der Waals surface area contributed by atoms with Crippen molar-refractivity contribution < 1.29 is 8.78 Å². The first-order chi connectivity index (χ1) is 7.65. The van der Waals surface area contributed by atoms with Gasteiger partial charge in [-0.3, -0.25) is 0 Å². The van der Waals surface area contributed by atoms with Crippen molar-refractivity contribution in [1.29, 1.82) is 0 Å². The van der Waals surface area contributed by atoms with Crippen molar-refractivity contribution in [2.75, 3.05) is 5.73 Å². The Kier molecular flexibility index (Phi) is 2.55. The van der Waals surface area contributed by atoms with Gasteiger partial charge in [0.2, 0.25) is 0 Å². The van der Waals surface area contributed by atoms with Crippen molar-refractivity contribution in [3.05, 3.63) is 35.5 Å². The number of nitrogen functional groups attached to an aromatic ring is 1. The molecule has 2 aromatic rings. The first-order valence-corrected chi connectivity index (χ1v) is 4.79. The van der Waals surface area contributed by atoms with E-state index in [-0.39, 0.29) is 11.5 Å². The number of halogens is 2. The molecular formula is C10H10F2N4. The molecular weight excluding hydrogens is 214 g/mol. The molecule has 84 valence electrons. The van der Waals surface area contributed by atoms with E-state index >= 15 is 0 Å². The number of nitrogens with zero attached hydrogens (tertiary/aromatic N) is 3. The summed E-state index contributed by atoms with van der Waals surface area (Å²) in [5, 5.41) is 7.33. The van der Waals surface area contributed by atoms with Gasteiger partial charge in [0.05, 0.1) is 5.69 Å². The van der Waals surface area contributed by atoms with Crippen LogP contribution in [0, 0.1) is 11.6 Å². The third-order valence-corrected chi connectivity index (χ3v) is 2.29. The number of rotatable bonds is 2. The average Bonchev–Trinajstić information content (AvgIpc) is 2.63. The fraction of sp³-hybridized carbons (Fsp3) is 0.200. The highest BCUT2D eigenvalue weighted by molar-refractivity contribution is 5.41. The highest BCUT2D eigenvalue weighted by Gasteiger charge is 2.15. The standard InChI is InChI=1S/C10H10F2N4/c1-2-7-10(13)14-15-16(7)8-5-3-4-6(11)9(8)12/h3-5H,2,13H2,1H3. The lowest BCUT2D eigenvalue weighted by Crippen LogP contribution is -2.06. The van der Waals surface area contributed by atoms with Gasteiger partial charge in [0.25, 0.3) is 0 Å². The van der Waals surface area contributed by atoms with E-state index in [9.17, 15) is 8.78 Å². The molecule has 0 unspecified atom stereocenters. The molecule has 2 N–H and O–H groups in total. The van der Waals surface area contributed by atoms with Crippen LogP contribution in [-0.2, 0) is 6.42 Å². The zero-order valence-electron chi connectivity index (χ0n) is 8.61. The molecule has 2 rings (SSSR count).